The number of nitrogens with one attached hydrogen (secondary N) is 3. The first kappa shape index (κ1) is 19.7. The number of hydrogen-bond donors (Lipinski definition) is 3. The molecule has 3 N–H and O–H groups in total. The van der Waals surface area contributed by atoms with E-state index < -0.39 is 0 Å². The zero-order chi connectivity index (χ0) is 20.4. The third-order valence-corrected chi connectivity index (χ3v) is 4.74. The molecule has 1 heterocycles. The highest BCUT2D eigenvalue weighted by molar-refractivity contribution is 6.07. The molecule has 146 valence electrons. The van der Waals surface area contributed by atoms with E-state index in [4.69, 9.17) is 0 Å². The largest absolute Gasteiger partial charge is 0.352 e. The summed E-state index contributed by atoms with van der Waals surface area (Å²) in [5.41, 5.74) is 5.89. The quantitative estimate of drug-likeness (QED) is 0.601. The van der Waals surface area contributed by atoms with Crippen LogP contribution in [0.15, 0.2) is 36.4 Å². The Labute approximate surface area is 165 Å². The molecule has 0 saturated heterocycles. The Hall–Kier alpha value is -3.08. The molecule has 5 nitrogen and oxygen atoms in total. The van der Waals surface area contributed by atoms with Gasteiger partial charge in [-0.05, 0) is 73.7 Å². The van der Waals surface area contributed by atoms with Gasteiger partial charge >= 0.3 is 0 Å². The average Bonchev–Trinajstić information content (AvgIpc) is 3.05. The van der Waals surface area contributed by atoms with Crippen LogP contribution in [0.3, 0.4) is 0 Å². The van der Waals surface area contributed by atoms with Crippen molar-refractivity contribution in [3.8, 4) is 0 Å². The van der Waals surface area contributed by atoms with E-state index in [0.29, 0.717) is 29.4 Å². The third-order valence-electron chi connectivity index (χ3n) is 4.74. The first-order valence-corrected chi connectivity index (χ1v) is 9.54. The molecule has 5 heteroatoms. The minimum atomic E-state index is -0.201. The Bertz CT molecular complexity index is 1050. The SMILES string of the molecule is Cc1cc(C)c2cc(C(=O)Nc3ccc(C(=O)NCC(C)C)cc3C)[nH]c2c1. The van der Waals surface area contributed by atoms with E-state index in [2.05, 4.69) is 35.5 Å². The molecule has 0 aliphatic heterocycles. The molecule has 0 spiro atoms. The summed E-state index contributed by atoms with van der Waals surface area (Å²) in [6.07, 6.45) is 0. The van der Waals surface area contributed by atoms with Crippen LogP contribution >= 0.6 is 0 Å². The van der Waals surface area contributed by atoms with Gasteiger partial charge in [0.05, 0.1) is 0 Å². The van der Waals surface area contributed by atoms with E-state index in [1.54, 1.807) is 18.2 Å². The van der Waals surface area contributed by atoms with Crippen molar-refractivity contribution in [1.82, 2.24) is 10.3 Å². The maximum atomic E-state index is 12.7. The third kappa shape index (κ3) is 4.25. The second-order valence-corrected chi connectivity index (χ2v) is 7.81. The van der Waals surface area contributed by atoms with Crippen molar-refractivity contribution in [3.05, 3.63) is 64.3 Å². The van der Waals surface area contributed by atoms with E-state index >= 15 is 0 Å². The topological polar surface area (TPSA) is 74.0 Å². The molecule has 0 bridgehead atoms. The molecule has 1 aromatic heterocycles. The predicted octanol–water partition coefficient (Wildman–Crippen LogP) is 4.73. The summed E-state index contributed by atoms with van der Waals surface area (Å²) in [7, 11) is 0. The molecule has 0 aliphatic carbocycles. The van der Waals surface area contributed by atoms with Gasteiger partial charge in [0, 0.05) is 28.7 Å². The van der Waals surface area contributed by atoms with Gasteiger partial charge in [-0.3, -0.25) is 9.59 Å². The lowest BCUT2D eigenvalue weighted by Crippen LogP contribution is -2.27. The highest BCUT2D eigenvalue weighted by atomic mass is 16.2. The summed E-state index contributed by atoms with van der Waals surface area (Å²) < 4.78 is 0. The van der Waals surface area contributed by atoms with E-state index in [9.17, 15) is 9.59 Å². The van der Waals surface area contributed by atoms with Crippen LogP contribution in [0, 0.1) is 26.7 Å². The molecular formula is C23H27N3O2. The second kappa shape index (κ2) is 7.89. The second-order valence-electron chi connectivity index (χ2n) is 7.81. The fraction of sp³-hybridized carbons (Fsp3) is 0.304. The summed E-state index contributed by atoms with van der Waals surface area (Å²) in [5.74, 6) is 0.0943. The maximum Gasteiger partial charge on any atom is 0.272 e. The van der Waals surface area contributed by atoms with E-state index in [1.165, 1.54) is 0 Å². The van der Waals surface area contributed by atoms with Gasteiger partial charge in [-0.1, -0.05) is 19.9 Å². The summed E-state index contributed by atoms with van der Waals surface area (Å²) >= 11 is 0. The number of hydrogen-bond acceptors (Lipinski definition) is 2. The Morgan fingerprint density at radius 1 is 0.964 bits per heavy atom. The number of fused-ring (bicyclic) bond motifs is 1. The van der Waals surface area contributed by atoms with Crippen LogP contribution < -0.4 is 10.6 Å². The van der Waals surface area contributed by atoms with E-state index in [-0.39, 0.29) is 11.8 Å². The molecule has 2 aromatic carbocycles. The van der Waals surface area contributed by atoms with Gasteiger partial charge in [0.15, 0.2) is 0 Å². The van der Waals surface area contributed by atoms with Crippen molar-refractivity contribution >= 4 is 28.4 Å². The summed E-state index contributed by atoms with van der Waals surface area (Å²) in [5, 5.41) is 6.89. The van der Waals surface area contributed by atoms with Crippen molar-refractivity contribution in [3.63, 3.8) is 0 Å². The van der Waals surface area contributed by atoms with Gasteiger partial charge in [-0.2, -0.15) is 0 Å². The first-order chi connectivity index (χ1) is 13.2. The number of aromatic amines is 1. The maximum absolute atomic E-state index is 12.7. The lowest BCUT2D eigenvalue weighted by molar-refractivity contribution is 0.0948. The molecule has 3 rings (SSSR count). The van der Waals surface area contributed by atoms with E-state index in [0.717, 1.165) is 27.6 Å². The van der Waals surface area contributed by atoms with Crippen molar-refractivity contribution in [2.45, 2.75) is 34.6 Å². The number of carbonyl (C=O) groups excluding carboxylic acids is 2. The van der Waals surface area contributed by atoms with Gasteiger partial charge in [-0.15, -0.1) is 0 Å². The molecule has 0 aliphatic rings. The van der Waals surface area contributed by atoms with Crippen LogP contribution in [0.25, 0.3) is 10.9 Å². The highest BCUT2D eigenvalue weighted by Gasteiger charge is 2.14. The summed E-state index contributed by atoms with van der Waals surface area (Å²) in [6.45, 7) is 10.7. The minimum absolute atomic E-state index is 0.101. The number of benzene rings is 2. The molecule has 3 aromatic rings. The van der Waals surface area contributed by atoms with Crippen molar-refractivity contribution < 1.29 is 9.59 Å². The fourth-order valence-corrected chi connectivity index (χ4v) is 3.26. The van der Waals surface area contributed by atoms with Gasteiger partial charge in [0.25, 0.3) is 11.8 Å². The van der Waals surface area contributed by atoms with Crippen LogP contribution in [0.2, 0.25) is 0 Å². The number of anilines is 1. The number of H-pyrrole nitrogens is 1. The van der Waals surface area contributed by atoms with Crippen LogP contribution in [0.5, 0.6) is 0 Å². The standard InChI is InChI=1S/C23H27N3O2/c1-13(2)12-24-22(27)17-6-7-19(16(5)10-17)26-23(28)21-11-18-15(4)8-14(3)9-20(18)25-21/h6-11,13,25H,12H2,1-5H3,(H,24,27)(H,26,28). The van der Waals surface area contributed by atoms with Gasteiger partial charge in [0.1, 0.15) is 5.69 Å². The van der Waals surface area contributed by atoms with Crippen molar-refractivity contribution in [2.75, 3.05) is 11.9 Å². The lowest BCUT2D eigenvalue weighted by atomic mass is 10.1. The molecule has 0 unspecified atom stereocenters. The number of aromatic nitrogens is 1. The Morgan fingerprint density at radius 3 is 2.39 bits per heavy atom. The van der Waals surface area contributed by atoms with Crippen LogP contribution in [0.4, 0.5) is 5.69 Å². The zero-order valence-electron chi connectivity index (χ0n) is 17.1. The van der Waals surface area contributed by atoms with Crippen molar-refractivity contribution in [2.24, 2.45) is 5.92 Å². The number of aryl methyl sites for hydroxylation is 3. The van der Waals surface area contributed by atoms with Gasteiger partial charge < -0.3 is 15.6 Å². The summed E-state index contributed by atoms with van der Waals surface area (Å²) in [6, 6.07) is 11.3. The van der Waals surface area contributed by atoms with Crippen LogP contribution in [0.1, 0.15) is 51.4 Å². The van der Waals surface area contributed by atoms with Crippen LogP contribution in [-0.2, 0) is 0 Å². The predicted molar refractivity (Wildman–Crippen MR) is 114 cm³/mol. The number of carbonyl (C=O) groups is 2. The van der Waals surface area contributed by atoms with Crippen molar-refractivity contribution in [1.29, 1.82) is 0 Å². The Kier molecular flexibility index (Phi) is 5.54. The molecule has 28 heavy (non-hydrogen) atoms. The van der Waals surface area contributed by atoms with Gasteiger partial charge in [0.2, 0.25) is 0 Å². The molecular weight excluding hydrogens is 350 g/mol. The monoisotopic (exact) mass is 377 g/mol. The molecule has 0 atom stereocenters. The first-order valence-electron chi connectivity index (χ1n) is 9.54. The molecule has 0 radical (unpaired) electrons. The minimum Gasteiger partial charge on any atom is -0.352 e. The molecule has 0 saturated carbocycles. The molecule has 2 amide bonds. The molecule has 0 fully saturated rings. The van der Waals surface area contributed by atoms with Gasteiger partial charge in [-0.25, -0.2) is 0 Å². The van der Waals surface area contributed by atoms with Crippen LogP contribution in [-0.4, -0.2) is 23.3 Å². The zero-order valence-corrected chi connectivity index (χ0v) is 17.1. The normalized spacial score (nSPS) is 11.1. The summed E-state index contributed by atoms with van der Waals surface area (Å²) in [4.78, 5) is 28.1. The fourth-order valence-electron chi connectivity index (χ4n) is 3.26. The number of amides is 2. The lowest BCUT2D eigenvalue weighted by Gasteiger charge is -2.11. The smallest absolute Gasteiger partial charge is 0.272 e. The Morgan fingerprint density at radius 2 is 1.71 bits per heavy atom. The number of rotatable bonds is 5. The van der Waals surface area contributed by atoms with E-state index in [1.807, 2.05) is 32.9 Å². The average molecular weight is 377 g/mol. The Balaban J connectivity index is 1.77. The highest BCUT2D eigenvalue weighted by Crippen LogP contribution is 2.23.